The second-order valence-corrected chi connectivity index (χ2v) is 9.01. The van der Waals surface area contributed by atoms with E-state index in [2.05, 4.69) is 10.3 Å². The van der Waals surface area contributed by atoms with Crippen LogP contribution in [0.5, 0.6) is 5.75 Å². The van der Waals surface area contributed by atoms with E-state index in [-0.39, 0.29) is 19.1 Å². The van der Waals surface area contributed by atoms with Crippen LogP contribution in [0.25, 0.3) is 11.3 Å². The Hall–Kier alpha value is -3.74. The van der Waals surface area contributed by atoms with Gasteiger partial charge in [-0.3, -0.25) is 14.6 Å². The molecule has 1 aliphatic heterocycles. The van der Waals surface area contributed by atoms with Gasteiger partial charge in [-0.1, -0.05) is 30.3 Å². The van der Waals surface area contributed by atoms with Gasteiger partial charge in [0, 0.05) is 29.4 Å². The molecule has 1 aromatic heterocycles. The van der Waals surface area contributed by atoms with Gasteiger partial charge in [-0.25, -0.2) is 4.39 Å². The lowest BCUT2D eigenvalue weighted by molar-refractivity contribution is -0.142. The fourth-order valence-electron chi connectivity index (χ4n) is 3.91. The van der Waals surface area contributed by atoms with E-state index in [9.17, 15) is 14.0 Å². The smallest absolute Gasteiger partial charge is 0.261 e. The summed E-state index contributed by atoms with van der Waals surface area (Å²) in [6.45, 7) is 5.45. The van der Waals surface area contributed by atoms with Crippen LogP contribution in [0.1, 0.15) is 37.9 Å². The first-order valence-electron chi connectivity index (χ1n) is 10.8. The molecule has 0 radical (unpaired) electrons. The molecule has 6 nitrogen and oxygen atoms in total. The number of benzene rings is 2. The van der Waals surface area contributed by atoms with E-state index in [0.717, 1.165) is 16.8 Å². The average molecular weight is 448 g/mol. The number of rotatable bonds is 4. The maximum atomic E-state index is 14.2. The molecule has 3 aromatic rings. The fraction of sp³-hybridized carbons (Fsp3) is 0.269. The van der Waals surface area contributed by atoms with Gasteiger partial charge in [-0.2, -0.15) is 0 Å². The van der Waals surface area contributed by atoms with E-state index >= 15 is 0 Å². The zero-order valence-corrected chi connectivity index (χ0v) is 18.8. The normalized spacial score (nSPS) is 15.9. The molecule has 1 N–H and O–H groups in total. The van der Waals surface area contributed by atoms with Crippen molar-refractivity contribution in [2.24, 2.45) is 0 Å². The SMILES string of the molecule is CC(C)(C)NC(=O)C1c2cc(F)ccc2OCC(=O)N1Cc1ccccc1-c1ccccn1. The van der Waals surface area contributed by atoms with Crippen LogP contribution in [0.2, 0.25) is 0 Å². The average Bonchev–Trinajstić information content (AvgIpc) is 2.90. The lowest BCUT2D eigenvalue weighted by Gasteiger charge is -2.32. The van der Waals surface area contributed by atoms with E-state index in [4.69, 9.17) is 4.74 Å². The van der Waals surface area contributed by atoms with Crippen molar-refractivity contribution in [3.63, 3.8) is 0 Å². The van der Waals surface area contributed by atoms with Gasteiger partial charge in [0.2, 0.25) is 5.91 Å². The van der Waals surface area contributed by atoms with Gasteiger partial charge < -0.3 is 15.0 Å². The molecule has 0 spiro atoms. The summed E-state index contributed by atoms with van der Waals surface area (Å²) in [6, 6.07) is 16.1. The van der Waals surface area contributed by atoms with Gasteiger partial charge in [-0.05, 0) is 56.7 Å². The third-order valence-electron chi connectivity index (χ3n) is 5.30. The number of nitrogens with one attached hydrogen (secondary N) is 1. The number of ether oxygens (including phenoxy) is 1. The Morgan fingerprint density at radius 3 is 2.64 bits per heavy atom. The number of carbonyl (C=O) groups is 2. The van der Waals surface area contributed by atoms with Gasteiger partial charge in [0.05, 0.1) is 5.69 Å². The number of hydrogen-bond donors (Lipinski definition) is 1. The van der Waals surface area contributed by atoms with Crippen LogP contribution in [-0.2, 0) is 16.1 Å². The molecule has 4 rings (SSSR count). The Morgan fingerprint density at radius 2 is 1.91 bits per heavy atom. The molecule has 0 saturated carbocycles. The molecule has 1 atom stereocenters. The van der Waals surface area contributed by atoms with Crippen LogP contribution < -0.4 is 10.1 Å². The standard InChI is InChI=1S/C26H26FN3O3/c1-26(2,3)29-25(32)24-20-14-18(27)11-12-22(20)33-16-23(31)30(24)15-17-8-4-5-9-19(17)21-10-6-7-13-28-21/h4-14,24H,15-16H2,1-3H3,(H,29,32). The van der Waals surface area contributed by atoms with E-state index < -0.39 is 23.3 Å². The van der Waals surface area contributed by atoms with Crippen LogP contribution in [0, 0.1) is 5.82 Å². The quantitative estimate of drug-likeness (QED) is 0.649. The molecule has 2 amide bonds. The maximum Gasteiger partial charge on any atom is 0.261 e. The number of nitrogens with zero attached hydrogens (tertiary/aromatic N) is 2. The largest absolute Gasteiger partial charge is 0.483 e. The topological polar surface area (TPSA) is 71.5 Å². The van der Waals surface area contributed by atoms with Crippen LogP contribution in [-0.4, -0.2) is 33.8 Å². The third kappa shape index (κ3) is 5.03. The van der Waals surface area contributed by atoms with Crippen molar-refractivity contribution in [3.05, 3.63) is 83.8 Å². The zero-order valence-electron chi connectivity index (χ0n) is 18.8. The molecule has 0 fully saturated rings. The summed E-state index contributed by atoms with van der Waals surface area (Å²) in [5.41, 5.74) is 2.20. The molecule has 1 unspecified atom stereocenters. The van der Waals surface area contributed by atoms with Crippen LogP contribution in [0.3, 0.4) is 0 Å². The number of aromatic nitrogens is 1. The number of amides is 2. The molecule has 7 heteroatoms. The third-order valence-corrected chi connectivity index (χ3v) is 5.30. The minimum absolute atomic E-state index is 0.132. The number of pyridine rings is 1. The summed E-state index contributed by atoms with van der Waals surface area (Å²) in [7, 11) is 0. The highest BCUT2D eigenvalue weighted by Gasteiger charge is 2.38. The monoisotopic (exact) mass is 447 g/mol. The van der Waals surface area contributed by atoms with Crippen molar-refractivity contribution in [2.45, 2.75) is 38.9 Å². The van der Waals surface area contributed by atoms with Gasteiger partial charge in [-0.15, -0.1) is 0 Å². The van der Waals surface area contributed by atoms with Crippen molar-refractivity contribution in [3.8, 4) is 17.0 Å². The van der Waals surface area contributed by atoms with Crippen molar-refractivity contribution in [1.29, 1.82) is 0 Å². The molecular weight excluding hydrogens is 421 g/mol. The predicted molar refractivity (Wildman–Crippen MR) is 123 cm³/mol. The second-order valence-electron chi connectivity index (χ2n) is 9.01. The van der Waals surface area contributed by atoms with Crippen molar-refractivity contribution < 1.29 is 18.7 Å². The molecule has 2 heterocycles. The van der Waals surface area contributed by atoms with E-state index in [1.165, 1.54) is 23.1 Å². The molecule has 1 aliphatic rings. The van der Waals surface area contributed by atoms with Gasteiger partial charge >= 0.3 is 0 Å². The first-order valence-corrected chi connectivity index (χ1v) is 10.8. The molecule has 0 aliphatic carbocycles. The van der Waals surface area contributed by atoms with Crippen LogP contribution in [0.4, 0.5) is 4.39 Å². The second kappa shape index (κ2) is 9.02. The Bertz CT molecular complexity index is 1170. The zero-order chi connectivity index (χ0) is 23.6. The Labute approximate surface area is 192 Å². The molecule has 33 heavy (non-hydrogen) atoms. The minimum atomic E-state index is -1.05. The van der Waals surface area contributed by atoms with Crippen molar-refractivity contribution >= 4 is 11.8 Å². The summed E-state index contributed by atoms with van der Waals surface area (Å²) in [4.78, 5) is 32.5. The highest BCUT2D eigenvalue weighted by molar-refractivity contribution is 5.91. The maximum absolute atomic E-state index is 14.2. The predicted octanol–water partition coefficient (Wildman–Crippen LogP) is 4.26. The summed E-state index contributed by atoms with van der Waals surface area (Å²) in [5, 5.41) is 2.94. The van der Waals surface area contributed by atoms with E-state index in [1.54, 1.807) is 6.20 Å². The molecular formula is C26H26FN3O3. The van der Waals surface area contributed by atoms with Gasteiger partial charge in [0.15, 0.2) is 6.61 Å². The number of hydrogen-bond acceptors (Lipinski definition) is 4. The molecule has 0 bridgehead atoms. The summed E-state index contributed by atoms with van der Waals surface area (Å²) >= 11 is 0. The number of halogens is 1. The molecule has 0 saturated heterocycles. The summed E-state index contributed by atoms with van der Waals surface area (Å²) in [5.74, 6) is -0.951. The van der Waals surface area contributed by atoms with Crippen LogP contribution >= 0.6 is 0 Å². The van der Waals surface area contributed by atoms with Crippen molar-refractivity contribution in [2.75, 3.05) is 6.61 Å². The number of fused-ring (bicyclic) bond motifs is 1. The van der Waals surface area contributed by atoms with Gasteiger partial charge in [0.25, 0.3) is 5.91 Å². The lowest BCUT2D eigenvalue weighted by atomic mass is 9.98. The number of carbonyl (C=O) groups excluding carboxylic acids is 2. The highest BCUT2D eigenvalue weighted by atomic mass is 19.1. The minimum Gasteiger partial charge on any atom is -0.483 e. The van der Waals surface area contributed by atoms with Crippen molar-refractivity contribution in [1.82, 2.24) is 15.2 Å². The lowest BCUT2D eigenvalue weighted by Crippen LogP contribution is -2.49. The fourth-order valence-corrected chi connectivity index (χ4v) is 3.91. The molecule has 170 valence electrons. The Balaban J connectivity index is 1.80. The van der Waals surface area contributed by atoms with Crippen LogP contribution in [0.15, 0.2) is 66.9 Å². The first-order chi connectivity index (χ1) is 15.7. The van der Waals surface area contributed by atoms with E-state index in [0.29, 0.717) is 11.3 Å². The highest BCUT2D eigenvalue weighted by Crippen LogP contribution is 2.36. The van der Waals surface area contributed by atoms with E-state index in [1.807, 2.05) is 63.2 Å². The van der Waals surface area contributed by atoms with Gasteiger partial charge in [0.1, 0.15) is 17.6 Å². The summed E-state index contributed by atoms with van der Waals surface area (Å²) in [6.07, 6.45) is 1.70. The molecule has 2 aromatic carbocycles. The Morgan fingerprint density at radius 1 is 1.15 bits per heavy atom. The summed E-state index contributed by atoms with van der Waals surface area (Å²) < 4.78 is 19.9. The Kier molecular flexibility index (Phi) is 6.14. The first kappa shape index (κ1) is 22.5.